The van der Waals surface area contributed by atoms with Crippen LogP contribution < -0.4 is 0 Å². The minimum atomic E-state index is -4.24. The lowest BCUT2D eigenvalue weighted by molar-refractivity contribution is -0.137. The van der Waals surface area contributed by atoms with Crippen LogP contribution in [0.2, 0.25) is 0 Å². The van der Waals surface area contributed by atoms with E-state index in [0.29, 0.717) is 0 Å². The van der Waals surface area contributed by atoms with E-state index in [2.05, 4.69) is 0 Å². The van der Waals surface area contributed by atoms with Gasteiger partial charge < -0.3 is 4.74 Å². The summed E-state index contributed by atoms with van der Waals surface area (Å²) in [4.78, 5) is 11.9. The maximum Gasteiger partial charge on any atom is 0.348 e. The van der Waals surface area contributed by atoms with Crippen LogP contribution in [0.25, 0.3) is 5.57 Å². The number of benzene rings is 2. The minimum Gasteiger partial charge on any atom is -0.460 e. The van der Waals surface area contributed by atoms with Crippen molar-refractivity contribution >= 4 is 21.7 Å². The van der Waals surface area contributed by atoms with Crippen LogP contribution in [-0.2, 0) is 19.6 Å². The third-order valence-corrected chi connectivity index (χ3v) is 4.18. The summed E-state index contributed by atoms with van der Waals surface area (Å²) in [6, 6.07) is 20.6. The van der Waals surface area contributed by atoms with E-state index in [1.807, 2.05) is 60.7 Å². The van der Waals surface area contributed by atoms with Crippen molar-refractivity contribution in [3.63, 3.8) is 0 Å². The summed E-state index contributed by atoms with van der Waals surface area (Å²) < 4.78 is 34.7. The van der Waals surface area contributed by atoms with Crippen LogP contribution in [0.1, 0.15) is 11.1 Å². The fourth-order valence-electron chi connectivity index (χ4n) is 2.23. The van der Waals surface area contributed by atoms with Crippen LogP contribution in [0, 0.1) is 11.3 Å². The smallest absolute Gasteiger partial charge is 0.348 e. The van der Waals surface area contributed by atoms with E-state index in [-0.39, 0.29) is 5.57 Å². The first-order valence-corrected chi connectivity index (χ1v) is 9.57. The van der Waals surface area contributed by atoms with Gasteiger partial charge in [-0.3, -0.25) is 4.55 Å². The van der Waals surface area contributed by atoms with E-state index >= 15 is 0 Å². The van der Waals surface area contributed by atoms with Crippen LogP contribution in [0.3, 0.4) is 0 Å². The SMILES string of the molecule is N#CC(=CC=C(c1ccccc1)c1ccccc1)C(=O)OCCS(=O)(=O)O. The molecule has 27 heavy (non-hydrogen) atoms. The first-order chi connectivity index (χ1) is 12.9. The second-order valence-corrected chi connectivity index (χ2v) is 7.00. The average Bonchev–Trinajstić information content (AvgIpc) is 2.65. The Balaban J connectivity index is 2.29. The van der Waals surface area contributed by atoms with E-state index in [9.17, 15) is 18.5 Å². The van der Waals surface area contributed by atoms with Gasteiger partial charge in [0, 0.05) is 0 Å². The van der Waals surface area contributed by atoms with Crippen molar-refractivity contribution in [1.82, 2.24) is 0 Å². The largest absolute Gasteiger partial charge is 0.460 e. The summed E-state index contributed by atoms with van der Waals surface area (Å²) in [6.07, 6.45) is 2.96. The van der Waals surface area contributed by atoms with E-state index in [0.717, 1.165) is 16.7 Å². The monoisotopic (exact) mass is 383 g/mol. The minimum absolute atomic E-state index is 0.283. The van der Waals surface area contributed by atoms with Gasteiger partial charge >= 0.3 is 5.97 Å². The topological polar surface area (TPSA) is 104 Å². The quantitative estimate of drug-likeness (QED) is 0.259. The maximum atomic E-state index is 11.9. The number of esters is 1. The molecule has 0 atom stereocenters. The van der Waals surface area contributed by atoms with Crippen LogP contribution in [-0.4, -0.2) is 31.3 Å². The van der Waals surface area contributed by atoms with Gasteiger partial charge in [0.15, 0.2) is 0 Å². The third kappa shape index (κ3) is 6.55. The zero-order chi connectivity index (χ0) is 19.7. The molecule has 0 heterocycles. The molecule has 0 radical (unpaired) electrons. The van der Waals surface area contributed by atoms with Gasteiger partial charge in [-0.2, -0.15) is 13.7 Å². The molecule has 0 bridgehead atoms. The predicted molar refractivity (Wildman–Crippen MR) is 101 cm³/mol. The van der Waals surface area contributed by atoms with E-state index in [4.69, 9.17) is 9.29 Å². The number of hydrogen-bond acceptors (Lipinski definition) is 5. The molecule has 0 aliphatic carbocycles. The number of carbonyl (C=O) groups is 1. The van der Waals surface area contributed by atoms with E-state index in [1.165, 1.54) is 6.08 Å². The van der Waals surface area contributed by atoms with Gasteiger partial charge in [-0.25, -0.2) is 4.79 Å². The highest BCUT2D eigenvalue weighted by molar-refractivity contribution is 7.85. The number of carbonyl (C=O) groups excluding carboxylic acids is 1. The molecule has 7 heteroatoms. The molecule has 1 N–H and O–H groups in total. The molecular weight excluding hydrogens is 366 g/mol. The molecule has 6 nitrogen and oxygen atoms in total. The van der Waals surface area contributed by atoms with Crippen molar-refractivity contribution in [3.8, 4) is 6.07 Å². The molecule has 2 rings (SSSR count). The van der Waals surface area contributed by atoms with Gasteiger partial charge in [-0.05, 0) is 22.8 Å². The van der Waals surface area contributed by atoms with Gasteiger partial charge in [-0.15, -0.1) is 0 Å². The average molecular weight is 383 g/mol. The van der Waals surface area contributed by atoms with Crippen molar-refractivity contribution < 1.29 is 22.5 Å². The molecule has 0 unspecified atom stereocenters. The van der Waals surface area contributed by atoms with Crippen LogP contribution in [0.4, 0.5) is 0 Å². The first kappa shape index (κ1) is 20.1. The lowest BCUT2D eigenvalue weighted by atomic mass is 9.97. The molecule has 138 valence electrons. The second-order valence-electron chi connectivity index (χ2n) is 5.43. The lowest BCUT2D eigenvalue weighted by Gasteiger charge is -2.08. The summed E-state index contributed by atoms with van der Waals surface area (Å²) in [5.41, 5.74) is 2.32. The number of rotatable bonds is 7. The Morgan fingerprint density at radius 3 is 1.96 bits per heavy atom. The standard InChI is InChI=1S/C20H17NO5S/c21-15-18(20(22)26-13-14-27(23,24)25)11-12-19(16-7-3-1-4-8-16)17-9-5-2-6-10-17/h1-12H,13-14H2,(H,23,24,25). The van der Waals surface area contributed by atoms with E-state index < -0.39 is 28.4 Å². The Morgan fingerprint density at radius 1 is 1.00 bits per heavy atom. The molecule has 0 saturated heterocycles. The number of allylic oxidation sites excluding steroid dienone is 2. The van der Waals surface area contributed by atoms with Crippen molar-refractivity contribution in [3.05, 3.63) is 89.5 Å². The van der Waals surface area contributed by atoms with Crippen molar-refractivity contribution in [1.29, 1.82) is 5.26 Å². The second kappa shape index (κ2) is 9.48. The molecule has 0 aliphatic rings. The Labute approximate surface area is 157 Å². The Kier molecular flexibility index (Phi) is 7.06. The molecule has 2 aromatic rings. The van der Waals surface area contributed by atoms with Gasteiger partial charge in [0.25, 0.3) is 10.1 Å². The molecular formula is C20H17NO5S. The number of nitrogens with zero attached hydrogens (tertiary/aromatic N) is 1. The Hall–Kier alpha value is -3.21. The third-order valence-electron chi connectivity index (χ3n) is 3.50. The first-order valence-electron chi connectivity index (χ1n) is 7.96. The normalized spacial score (nSPS) is 11.3. The van der Waals surface area contributed by atoms with E-state index in [1.54, 1.807) is 12.1 Å². The zero-order valence-corrected chi connectivity index (χ0v) is 15.1. The van der Waals surface area contributed by atoms with Gasteiger partial charge in [0.2, 0.25) is 0 Å². The van der Waals surface area contributed by atoms with Gasteiger partial charge in [0.05, 0.1) is 0 Å². The molecule has 0 fully saturated rings. The van der Waals surface area contributed by atoms with Crippen molar-refractivity contribution in [2.45, 2.75) is 0 Å². The Morgan fingerprint density at radius 2 is 1.52 bits per heavy atom. The molecule has 0 saturated carbocycles. The molecule has 2 aromatic carbocycles. The Bertz CT molecular complexity index is 946. The van der Waals surface area contributed by atoms with Crippen LogP contribution in [0.5, 0.6) is 0 Å². The fraction of sp³-hybridized carbons (Fsp3) is 0.100. The van der Waals surface area contributed by atoms with Gasteiger partial charge in [0.1, 0.15) is 24.0 Å². The highest BCUT2D eigenvalue weighted by atomic mass is 32.2. The van der Waals surface area contributed by atoms with Crippen LogP contribution in [0.15, 0.2) is 78.4 Å². The molecule has 0 spiro atoms. The summed E-state index contributed by atoms with van der Waals surface area (Å²) >= 11 is 0. The van der Waals surface area contributed by atoms with Crippen LogP contribution >= 0.6 is 0 Å². The molecule has 0 aliphatic heterocycles. The molecule has 0 amide bonds. The summed E-state index contributed by atoms with van der Waals surface area (Å²) in [6.45, 7) is -0.537. The number of hydrogen-bond donors (Lipinski definition) is 1. The lowest BCUT2D eigenvalue weighted by Crippen LogP contribution is -2.15. The fourth-order valence-corrected chi connectivity index (χ4v) is 2.52. The number of nitriles is 1. The summed E-state index contributed by atoms with van der Waals surface area (Å²) in [5.74, 6) is -1.69. The highest BCUT2D eigenvalue weighted by Gasteiger charge is 2.13. The van der Waals surface area contributed by atoms with Crippen molar-refractivity contribution in [2.75, 3.05) is 12.4 Å². The van der Waals surface area contributed by atoms with Crippen molar-refractivity contribution in [2.24, 2.45) is 0 Å². The van der Waals surface area contributed by atoms with Gasteiger partial charge in [-0.1, -0.05) is 66.7 Å². The predicted octanol–water partition coefficient (Wildman–Crippen LogP) is 3.00. The summed E-state index contributed by atoms with van der Waals surface area (Å²) in [7, 11) is -4.24. The zero-order valence-electron chi connectivity index (χ0n) is 14.3. The molecule has 0 aromatic heterocycles. The number of ether oxygens (including phenoxy) is 1. The summed E-state index contributed by atoms with van der Waals surface area (Å²) in [5, 5.41) is 9.19. The highest BCUT2D eigenvalue weighted by Crippen LogP contribution is 2.23. The maximum absolute atomic E-state index is 11.9.